The Labute approximate surface area is 243 Å². The number of hydrogen-bond acceptors (Lipinski definition) is 7. The summed E-state index contributed by atoms with van der Waals surface area (Å²) in [6.07, 6.45) is 5.45. The van der Waals surface area contributed by atoms with E-state index < -0.39 is 0 Å². The molecule has 0 spiro atoms. The van der Waals surface area contributed by atoms with Crippen LogP contribution in [0.1, 0.15) is 36.6 Å². The van der Waals surface area contributed by atoms with Crippen LogP contribution in [-0.2, 0) is 17.6 Å². The lowest BCUT2D eigenvalue weighted by molar-refractivity contribution is -0.128. The number of hydrogen-bond donors (Lipinski definition) is 0. The van der Waals surface area contributed by atoms with E-state index in [2.05, 4.69) is 78.6 Å². The lowest BCUT2D eigenvalue weighted by Gasteiger charge is -2.40. The van der Waals surface area contributed by atoms with E-state index in [-0.39, 0.29) is 11.9 Å². The number of likely N-dealkylation sites (N-methyl/N-ethyl adjacent to an activating group) is 1. The van der Waals surface area contributed by atoms with Gasteiger partial charge in [0.15, 0.2) is 0 Å². The molecule has 8 heteroatoms. The van der Waals surface area contributed by atoms with E-state index in [9.17, 15) is 4.79 Å². The second kappa shape index (κ2) is 11.7. The third-order valence-corrected chi connectivity index (χ3v) is 9.19. The van der Waals surface area contributed by atoms with Gasteiger partial charge in [-0.15, -0.1) is 0 Å². The molecule has 0 saturated carbocycles. The summed E-state index contributed by atoms with van der Waals surface area (Å²) in [5, 5.41) is 2.60. The number of carbonyl (C=O) groups is 1. The Morgan fingerprint density at radius 2 is 1.85 bits per heavy atom. The highest BCUT2D eigenvalue weighted by Gasteiger charge is 2.31. The van der Waals surface area contributed by atoms with Crippen molar-refractivity contribution in [2.75, 3.05) is 62.7 Å². The highest BCUT2D eigenvalue weighted by Crippen LogP contribution is 2.34. The van der Waals surface area contributed by atoms with Crippen LogP contribution in [0.3, 0.4) is 0 Å². The maximum Gasteiger partial charge on any atom is 0.318 e. The van der Waals surface area contributed by atoms with Gasteiger partial charge in [0, 0.05) is 67.9 Å². The van der Waals surface area contributed by atoms with Crippen molar-refractivity contribution in [3.05, 3.63) is 65.9 Å². The van der Waals surface area contributed by atoms with E-state index >= 15 is 0 Å². The number of ether oxygens (including phenoxy) is 1. The molecule has 41 heavy (non-hydrogen) atoms. The summed E-state index contributed by atoms with van der Waals surface area (Å²) in [4.78, 5) is 31.6. The number of rotatable bonds is 6. The van der Waals surface area contributed by atoms with Crippen molar-refractivity contribution in [2.45, 2.75) is 51.6 Å². The monoisotopic (exact) mass is 554 g/mol. The third kappa shape index (κ3) is 5.49. The van der Waals surface area contributed by atoms with Gasteiger partial charge in [-0.1, -0.05) is 36.9 Å². The number of aryl methyl sites for hydroxylation is 1. The molecule has 4 heterocycles. The van der Waals surface area contributed by atoms with E-state index in [4.69, 9.17) is 14.7 Å². The minimum atomic E-state index is -0.00982. The first-order chi connectivity index (χ1) is 19.9. The molecule has 2 fully saturated rings. The van der Waals surface area contributed by atoms with Crippen molar-refractivity contribution < 1.29 is 9.53 Å². The largest absolute Gasteiger partial charge is 0.462 e. The van der Waals surface area contributed by atoms with Gasteiger partial charge in [0.2, 0.25) is 5.91 Å². The molecule has 0 aliphatic carbocycles. The van der Waals surface area contributed by atoms with Crippen molar-refractivity contribution in [3.8, 4) is 6.01 Å². The highest BCUT2D eigenvalue weighted by atomic mass is 16.5. The summed E-state index contributed by atoms with van der Waals surface area (Å²) in [7, 11) is 2.17. The van der Waals surface area contributed by atoms with Crippen LogP contribution in [0, 0.1) is 6.92 Å². The number of carbonyl (C=O) groups excluding carboxylic acids is 1. The fourth-order valence-electron chi connectivity index (χ4n) is 6.85. The number of likely N-dealkylation sites (tertiary alicyclic amines) is 1. The Morgan fingerprint density at radius 1 is 1.05 bits per heavy atom. The van der Waals surface area contributed by atoms with Gasteiger partial charge in [-0.05, 0) is 69.8 Å². The summed E-state index contributed by atoms with van der Waals surface area (Å²) in [5.41, 5.74) is 4.88. The van der Waals surface area contributed by atoms with Crippen LogP contribution in [0.4, 0.5) is 11.5 Å². The Hall–Kier alpha value is -3.65. The van der Waals surface area contributed by atoms with Crippen LogP contribution in [0.15, 0.2) is 49.1 Å². The lowest BCUT2D eigenvalue weighted by Crippen LogP contribution is -2.54. The molecule has 3 aliphatic heterocycles. The summed E-state index contributed by atoms with van der Waals surface area (Å²) in [5.74, 6) is 0.961. The first-order valence-electron chi connectivity index (χ1n) is 15.1. The zero-order chi connectivity index (χ0) is 28.5. The standard InChI is InChI=1S/C33H42N6O2/c1-5-30(40)39-20-19-38(21-24(39)3)32-27-14-17-37(29-13-7-11-25-10-6-9-23(2)31(25)29)18-15-28(27)34-33(35-32)41-22-26-12-8-16-36(26)4/h5-7,9-11,13,24,26H,1,8,12,14-22H2,2-4H3/t24-,26?/m1/s1. The molecule has 0 radical (unpaired) electrons. The summed E-state index contributed by atoms with van der Waals surface area (Å²) in [6.45, 7) is 13.6. The lowest BCUT2D eigenvalue weighted by atomic mass is 10.0. The van der Waals surface area contributed by atoms with Crippen LogP contribution >= 0.6 is 0 Å². The number of aromatic nitrogens is 2. The van der Waals surface area contributed by atoms with E-state index in [0.29, 0.717) is 25.2 Å². The Kier molecular flexibility index (Phi) is 7.84. The van der Waals surface area contributed by atoms with E-state index in [1.807, 2.05) is 4.90 Å². The zero-order valence-electron chi connectivity index (χ0n) is 24.7. The van der Waals surface area contributed by atoms with Gasteiger partial charge in [-0.25, -0.2) is 0 Å². The first-order valence-corrected chi connectivity index (χ1v) is 15.1. The summed E-state index contributed by atoms with van der Waals surface area (Å²) < 4.78 is 6.31. The number of anilines is 2. The Morgan fingerprint density at radius 3 is 2.61 bits per heavy atom. The Balaban J connectivity index is 1.31. The molecule has 8 nitrogen and oxygen atoms in total. The van der Waals surface area contributed by atoms with Crippen LogP contribution < -0.4 is 14.5 Å². The topological polar surface area (TPSA) is 65.0 Å². The van der Waals surface area contributed by atoms with Crippen LogP contribution in [0.25, 0.3) is 10.8 Å². The summed E-state index contributed by atoms with van der Waals surface area (Å²) >= 11 is 0. The first kappa shape index (κ1) is 27.5. The van der Waals surface area contributed by atoms with Crippen molar-refractivity contribution in [2.24, 2.45) is 0 Å². The van der Waals surface area contributed by atoms with Crippen molar-refractivity contribution in [1.29, 1.82) is 0 Å². The van der Waals surface area contributed by atoms with E-state index in [0.717, 1.165) is 63.5 Å². The molecular weight excluding hydrogens is 512 g/mol. The highest BCUT2D eigenvalue weighted by molar-refractivity contribution is 5.97. The van der Waals surface area contributed by atoms with Crippen LogP contribution in [0.2, 0.25) is 0 Å². The number of benzene rings is 2. The van der Waals surface area contributed by atoms with E-state index in [1.165, 1.54) is 40.1 Å². The smallest absolute Gasteiger partial charge is 0.318 e. The van der Waals surface area contributed by atoms with Crippen molar-refractivity contribution in [3.63, 3.8) is 0 Å². The van der Waals surface area contributed by atoms with Gasteiger partial charge < -0.3 is 24.3 Å². The number of nitrogens with zero attached hydrogens (tertiary/aromatic N) is 6. The van der Waals surface area contributed by atoms with Gasteiger partial charge in [-0.3, -0.25) is 4.79 Å². The predicted molar refractivity (Wildman–Crippen MR) is 165 cm³/mol. The zero-order valence-corrected chi connectivity index (χ0v) is 24.7. The number of fused-ring (bicyclic) bond motifs is 2. The molecule has 3 aromatic rings. The second-order valence-electron chi connectivity index (χ2n) is 11.8. The minimum Gasteiger partial charge on any atom is -0.462 e. The third-order valence-electron chi connectivity index (χ3n) is 9.19. The predicted octanol–water partition coefficient (Wildman–Crippen LogP) is 4.24. The molecule has 1 unspecified atom stereocenters. The fraction of sp³-hybridized carbons (Fsp3) is 0.485. The number of amides is 1. The molecule has 2 aromatic carbocycles. The summed E-state index contributed by atoms with van der Waals surface area (Å²) in [6, 6.07) is 14.1. The van der Waals surface area contributed by atoms with Gasteiger partial charge in [-0.2, -0.15) is 9.97 Å². The maximum atomic E-state index is 12.4. The maximum absolute atomic E-state index is 12.4. The molecule has 6 rings (SSSR count). The molecule has 2 saturated heterocycles. The second-order valence-corrected chi connectivity index (χ2v) is 11.8. The minimum absolute atomic E-state index is 0.00982. The normalized spacial score (nSPS) is 21.6. The SMILES string of the molecule is C=CC(=O)N1CCN(c2nc(OCC3CCCN3C)nc3c2CCN(c2cccc4cccc(C)c24)CC3)C[C@H]1C. The Bertz CT molecular complexity index is 1440. The average Bonchev–Trinajstić information content (AvgIpc) is 3.27. The van der Waals surface area contributed by atoms with E-state index in [1.54, 1.807) is 0 Å². The van der Waals surface area contributed by atoms with Gasteiger partial charge in [0.25, 0.3) is 0 Å². The molecule has 216 valence electrons. The molecule has 3 aliphatic rings. The quantitative estimate of drug-likeness (QED) is 0.423. The molecule has 0 bridgehead atoms. The average molecular weight is 555 g/mol. The fourth-order valence-corrected chi connectivity index (χ4v) is 6.85. The molecule has 2 atom stereocenters. The molecular formula is C33H42N6O2. The molecule has 0 N–H and O–H groups in total. The van der Waals surface area contributed by atoms with Crippen molar-refractivity contribution in [1.82, 2.24) is 19.8 Å². The van der Waals surface area contributed by atoms with Crippen LogP contribution in [-0.4, -0.2) is 90.7 Å². The van der Waals surface area contributed by atoms with Gasteiger partial charge in [0.1, 0.15) is 12.4 Å². The van der Waals surface area contributed by atoms with Crippen molar-refractivity contribution >= 4 is 28.2 Å². The van der Waals surface area contributed by atoms with Gasteiger partial charge in [0.05, 0.1) is 5.69 Å². The number of piperazine rings is 1. The molecule has 1 amide bonds. The van der Waals surface area contributed by atoms with Gasteiger partial charge >= 0.3 is 6.01 Å². The molecule has 1 aromatic heterocycles. The van der Waals surface area contributed by atoms with Crippen LogP contribution in [0.5, 0.6) is 6.01 Å².